The Hall–Kier alpha value is -3.16. The molecule has 1 aliphatic heterocycles. The van der Waals surface area contributed by atoms with Crippen molar-refractivity contribution in [3.8, 4) is 0 Å². The maximum absolute atomic E-state index is 13.9. The standard InChI is InChI=1S/C23H28FN5O2/c1-14-5-7-17(21(30)25-14)22(31)28-11-9-15(10-12-28)19-20(27-23(2,3)4)29-13-16(24)6-8-18(29)26-19/h5-8,13,15,27H,9-12H2,1-4H3,(H,25,30). The van der Waals surface area contributed by atoms with Crippen molar-refractivity contribution >= 4 is 17.4 Å². The Morgan fingerprint density at radius 2 is 1.90 bits per heavy atom. The van der Waals surface area contributed by atoms with Crippen molar-refractivity contribution < 1.29 is 9.18 Å². The molecule has 0 bridgehead atoms. The molecule has 0 spiro atoms. The maximum atomic E-state index is 13.9. The number of rotatable bonds is 3. The van der Waals surface area contributed by atoms with Gasteiger partial charge in [-0.15, -0.1) is 0 Å². The Morgan fingerprint density at radius 3 is 2.55 bits per heavy atom. The molecule has 1 saturated heterocycles. The number of H-pyrrole nitrogens is 1. The molecule has 8 heteroatoms. The van der Waals surface area contributed by atoms with Crippen LogP contribution >= 0.6 is 0 Å². The molecule has 0 atom stereocenters. The molecule has 3 aromatic rings. The van der Waals surface area contributed by atoms with Crippen LogP contribution in [0, 0.1) is 12.7 Å². The molecule has 1 aliphatic rings. The summed E-state index contributed by atoms with van der Waals surface area (Å²) < 4.78 is 15.7. The van der Waals surface area contributed by atoms with Crippen molar-refractivity contribution in [1.82, 2.24) is 19.3 Å². The smallest absolute Gasteiger partial charge is 0.260 e. The van der Waals surface area contributed by atoms with Crippen LogP contribution in [0.25, 0.3) is 5.65 Å². The minimum Gasteiger partial charge on any atom is -0.365 e. The number of carbonyl (C=O) groups is 1. The highest BCUT2D eigenvalue weighted by Gasteiger charge is 2.30. The summed E-state index contributed by atoms with van der Waals surface area (Å²) in [5.74, 6) is 0.358. The van der Waals surface area contributed by atoms with Crippen molar-refractivity contribution in [2.45, 2.75) is 52.0 Å². The van der Waals surface area contributed by atoms with E-state index in [9.17, 15) is 14.0 Å². The number of anilines is 1. The molecule has 0 saturated carbocycles. The molecule has 4 heterocycles. The van der Waals surface area contributed by atoms with E-state index in [1.807, 2.05) is 0 Å². The quantitative estimate of drug-likeness (QED) is 0.670. The number of aromatic nitrogens is 3. The van der Waals surface area contributed by atoms with Crippen LogP contribution in [0.2, 0.25) is 0 Å². The third kappa shape index (κ3) is 4.33. The number of likely N-dealkylation sites (tertiary alicyclic amines) is 1. The summed E-state index contributed by atoms with van der Waals surface area (Å²) in [6.45, 7) is 9.01. The first-order valence-corrected chi connectivity index (χ1v) is 10.6. The van der Waals surface area contributed by atoms with Crippen LogP contribution in [0.1, 0.15) is 61.3 Å². The van der Waals surface area contributed by atoms with Crippen LogP contribution in [0.3, 0.4) is 0 Å². The van der Waals surface area contributed by atoms with Crippen LogP contribution in [-0.2, 0) is 0 Å². The first-order valence-electron chi connectivity index (χ1n) is 10.6. The van der Waals surface area contributed by atoms with Gasteiger partial charge in [0, 0.05) is 36.4 Å². The number of aromatic amines is 1. The number of carbonyl (C=O) groups excluding carboxylic acids is 1. The number of amides is 1. The SMILES string of the molecule is Cc1ccc(C(=O)N2CCC(c3nc4ccc(F)cn4c3NC(C)(C)C)CC2)c(=O)[nH]1. The molecule has 1 amide bonds. The summed E-state index contributed by atoms with van der Waals surface area (Å²) in [5, 5.41) is 3.48. The third-order valence-electron chi connectivity index (χ3n) is 5.56. The van der Waals surface area contributed by atoms with Crippen molar-refractivity contribution in [2.75, 3.05) is 18.4 Å². The predicted molar refractivity (Wildman–Crippen MR) is 118 cm³/mol. The summed E-state index contributed by atoms with van der Waals surface area (Å²) >= 11 is 0. The number of aryl methyl sites for hydroxylation is 1. The van der Waals surface area contributed by atoms with E-state index in [2.05, 4.69) is 31.1 Å². The molecule has 164 valence electrons. The van der Waals surface area contributed by atoms with Gasteiger partial charge in [0.25, 0.3) is 11.5 Å². The molecule has 1 fully saturated rings. The number of halogens is 1. The lowest BCUT2D eigenvalue weighted by atomic mass is 9.92. The van der Waals surface area contributed by atoms with Crippen molar-refractivity contribution in [2.24, 2.45) is 0 Å². The number of piperidine rings is 1. The number of hydrogen-bond acceptors (Lipinski definition) is 4. The molecule has 2 N–H and O–H groups in total. The van der Waals surface area contributed by atoms with Gasteiger partial charge in [0.1, 0.15) is 22.8 Å². The van der Waals surface area contributed by atoms with E-state index >= 15 is 0 Å². The molecular formula is C23H28FN5O2. The fraction of sp³-hybridized carbons (Fsp3) is 0.435. The van der Waals surface area contributed by atoms with Gasteiger partial charge in [-0.2, -0.15) is 0 Å². The van der Waals surface area contributed by atoms with Crippen LogP contribution in [0.15, 0.2) is 35.3 Å². The van der Waals surface area contributed by atoms with Gasteiger partial charge >= 0.3 is 0 Å². The lowest BCUT2D eigenvalue weighted by Crippen LogP contribution is -2.40. The second kappa shape index (κ2) is 7.83. The fourth-order valence-electron chi connectivity index (χ4n) is 4.07. The third-order valence-corrected chi connectivity index (χ3v) is 5.56. The fourth-order valence-corrected chi connectivity index (χ4v) is 4.07. The minimum atomic E-state index is -0.355. The summed E-state index contributed by atoms with van der Waals surface area (Å²) in [5.41, 5.74) is 1.89. The molecule has 0 aromatic carbocycles. The lowest BCUT2D eigenvalue weighted by Gasteiger charge is -2.32. The van der Waals surface area contributed by atoms with Crippen LogP contribution in [0.4, 0.5) is 10.2 Å². The largest absolute Gasteiger partial charge is 0.365 e. The van der Waals surface area contributed by atoms with E-state index < -0.39 is 0 Å². The first-order chi connectivity index (χ1) is 14.6. The Morgan fingerprint density at radius 1 is 1.19 bits per heavy atom. The van der Waals surface area contributed by atoms with Gasteiger partial charge in [-0.05, 0) is 64.8 Å². The van der Waals surface area contributed by atoms with Gasteiger partial charge in [-0.1, -0.05) is 0 Å². The first kappa shape index (κ1) is 21.1. The van der Waals surface area contributed by atoms with Gasteiger partial charge in [-0.25, -0.2) is 9.37 Å². The van der Waals surface area contributed by atoms with Gasteiger partial charge in [0.2, 0.25) is 0 Å². The van der Waals surface area contributed by atoms with E-state index in [0.717, 1.165) is 30.0 Å². The topological polar surface area (TPSA) is 82.5 Å². The van der Waals surface area contributed by atoms with Crippen molar-refractivity contribution in [3.63, 3.8) is 0 Å². The van der Waals surface area contributed by atoms with E-state index in [1.165, 1.54) is 12.3 Å². The molecule has 7 nitrogen and oxygen atoms in total. The van der Waals surface area contributed by atoms with Gasteiger partial charge in [-0.3, -0.25) is 14.0 Å². The van der Waals surface area contributed by atoms with E-state index in [4.69, 9.17) is 4.98 Å². The molecule has 0 unspecified atom stereocenters. The van der Waals surface area contributed by atoms with Crippen LogP contribution < -0.4 is 10.9 Å². The second-order valence-electron chi connectivity index (χ2n) is 9.25. The Kier molecular flexibility index (Phi) is 5.33. The monoisotopic (exact) mass is 425 g/mol. The zero-order valence-electron chi connectivity index (χ0n) is 18.3. The molecule has 3 aromatic heterocycles. The molecule has 0 radical (unpaired) electrons. The number of imidazole rings is 1. The average Bonchev–Trinajstić information content (AvgIpc) is 3.04. The lowest BCUT2D eigenvalue weighted by molar-refractivity contribution is 0.0710. The van der Waals surface area contributed by atoms with E-state index in [1.54, 1.807) is 34.4 Å². The van der Waals surface area contributed by atoms with E-state index in [0.29, 0.717) is 18.7 Å². The highest BCUT2D eigenvalue weighted by atomic mass is 19.1. The normalized spacial score (nSPS) is 15.5. The molecule has 4 rings (SSSR count). The highest BCUT2D eigenvalue weighted by Crippen LogP contribution is 2.35. The maximum Gasteiger partial charge on any atom is 0.260 e. The van der Waals surface area contributed by atoms with E-state index in [-0.39, 0.29) is 34.3 Å². The number of pyridine rings is 2. The molecule has 31 heavy (non-hydrogen) atoms. The van der Waals surface area contributed by atoms with Crippen molar-refractivity contribution in [1.29, 1.82) is 0 Å². The second-order valence-corrected chi connectivity index (χ2v) is 9.25. The summed E-state index contributed by atoms with van der Waals surface area (Å²) in [7, 11) is 0. The molecule has 0 aliphatic carbocycles. The summed E-state index contributed by atoms with van der Waals surface area (Å²) in [4.78, 5) is 34.2. The van der Waals surface area contributed by atoms with Crippen LogP contribution in [0.5, 0.6) is 0 Å². The number of nitrogens with zero attached hydrogens (tertiary/aromatic N) is 3. The number of fused-ring (bicyclic) bond motifs is 1. The highest BCUT2D eigenvalue weighted by molar-refractivity contribution is 5.93. The number of nitrogens with one attached hydrogen (secondary N) is 2. The average molecular weight is 426 g/mol. The zero-order chi connectivity index (χ0) is 22.3. The zero-order valence-corrected chi connectivity index (χ0v) is 18.3. The van der Waals surface area contributed by atoms with Gasteiger partial charge in [0.05, 0.1) is 5.69 Å². The Labute approximate surface area is 180 Å². The minimum absolute atomic E-state index is 0.133. The summed E-state index contributed by atoms with van der Waals surface area (Å²) in [6.07, 6.45) is 2.89. The van der Waals surface area contributed by atoms with Crippen LogP contribution in [-0.4, -0.2) is 43.8 Å². The van der Waals surface area contributed by atoms with Crippen molar-refractivity contribution in [3.05, 3.63) is 63.6 Å². The molecular weight excluding hydrogens is 397 g/mol. The predicted octanol–water partition coefficient (Wildman–Crippen LogP) is 3.70. The Bertz CT molecular complexity index is 1180. The van der Waals surface area contributed by atoms with Gasteiger partial charge in [0.15, 0.2) is 0 Å². The Balaban J connectivity index is 1.58. The number of hydrogen-bond donors (Lipinski definition) is 2. The summed E-state index contributed by atoms with van der Waals surface area (Å²) in [6, 6.07) is 6.41. The van der Waals surface area contributed by atoms with Gasteiger partial charge < -0.3 is 15.2 Å².